The maximum Gasteiger partial charge on any atom is 0.220 e. The molecule has 1 aromatic heterocycles. The minimum atomic E-state index is 0.213. The Morgan fingerprint density at radius 2 is 2.47 bits per heavy atom. The van der Waals surface area contributed by atoms with Gasteiger partial charge in [0.25, 0.3) is 0 Å². The molecule has 0 bridgehead atoms. The molecule has 1 N–H and O–H groups in total. The fraction of sp³-hybridized carbons (Fsp3) is 0.667. The maximum atomic E-state index is 11.8. The summed E-state index contributed by atoms with van der Waals surface area (Å²) in [6, 6.07) is 4.21. The number of rotatable bonds is 6. The van der Waals surface area contributed by atoms with Crippen molar-refractivity contribution in [1.29, 1.82) is 0 Å². The van der Waals surface area contributed by atoms with E-state index in [0.29, 0.717) is 12.3 Å². The van der Waals surface area contributed by atoms with Crippen LogP contribution in [-0.4, -0.2) is 37.5 Å². The zero-order valence-corrected chi connectivity index (χ0v) is 12.5. The van der Waals surface area contributed by atoms with E-state index in [2.05, 4.69) is 34.8 Å². The normalized spacial score (nSPS) is 20.4. The number of nitrogens with zero attached hydrogens (tertiary/aromatic N) is 1. The molecule has 0 radical (unpaired) electrons. The molecule has 0 spiro atoms. The van der Waals surface area contributed by atoms with E-state index in [1.807, 2.05) is 0 Å². The Hall–Kier alpha value is -0.870. The number of likely N-dealkylation sites (tertiary alicyclic amines) is 1. The van der Waals surface area contributed by atoms with E-state index in [-0.39, 0.29) is 5.91 Å². The number of thiophene rings is 1. The van der Waals surface area contributed by atoms with Crippen molar-refractivity contribution in [2.24, 2.45) is 5.92 Å². The molecule has 1 aliphatic rings. The van der Waals surface area contributed by atoms with Gasteiger partial charge in [-0.1, -0.05) is 6.07 Å². The van der Waals surface area contributed by atoms with E-state index in [0.717, 1.165) is 25.9 Å². The number of hydrogen-bond donors (Lipinski definition) is 1. The minimum Gasteiger partial charge on any atom is -0.356 e. The third kappa shape index (κ3) is 5.33. The number of nitrogens with one attached hydrogen (secondary N) is 1. The summed E-state index contributed by atoms with van der Waals surface area (Å²) in [6.07, 6.45) is 5.14. The number of hydrogen-bond acceptors (Lipinski definition) is 3. The van der Waals surface area contributed by atoms with Crippen LogP contribution >= 0.6 is 11.3 Å². The van der Waals surface area contributed by atoms with Crippen LogP contribution in [0.25, 0.3) is 0 Å². The van der Waals surface area contributed by atoms with Gasteiger partial charge in [0.05, 0.1) is 0 Å². The predicted octanol–water partition coefficient (Wildman–Crippen LogP) is 2.53. The molecule has 1 aromatic rings. The van der Waals surface area contributed by atoms with Gasteiger partial charge in [0.2, 0.25) is 5.91 Å². The Balaban J connectivity index is 1.56. The molecular formula is C15H24N2OS. The first-order valence-corrected chi connectivity index (χ1v) is 8.09. The third-order valence-corrected chi connectivity index (χ3v) is 4.65. The third-order valence-electron chi connectivity index (χ3n) is 3.72. The van der Waals surface area contributed by atoms with Gasteiger partial charge in [0.15, 0.2) is 0 Å². The second-order valence-corrected chi connectivity index (χ2v) is 6.54. The molecule has 1 atom stereocenters. The highest BCUT2D eigenvalue weighted by molar-refractivity contribution is 7.09. The van der Waals surface area contributed by atoms with Gasteiger partial charge < -0.3 is 10.2 Å². The largest absolute Gasteiger partial charge is 0.356 e. The Morgan fingerprint density at radius 1 is 1.58 bits per heavy atom. The molecule has 0 aromatic carbocycles. The molecular weight excluding hydrogens is 256 g/mol. The SMILES string of the molecule is CN1CCC[C@H](CNC(=O)CCCc2cccs2)C1. The van der Waals surface area contributed by atoms with Crippen LogP contribution in [0.4, 0.5) is 0 Å². The Kier molecular flexibility index (Phi) is 5.86. The molecule has 2 heterocycles. The van der Waals surface area contributed by atoms with Gasteiger partial charge in [0, 0.05) is 24.4 Å². The van der Waals surface area contributed by atoms with Gasteiger partial charge in [-0.15, -0.1) is 11.3 Å². The molecule has 1 fully saturated rings. The minimum absolute atomic E-state index is 0.213. The summed E-state index contributed by atoms with van der Waals surface area (Å²) in [7, 11) is 2.16. The molecule has 106 valence electrons. The van der Waals surface area contributed by atoms with Crippen molar-refractivity contribution >= 4 is 17.2 Å². The fourth-order valence-electron chi connectivity index (χ4n) is 2.66. The molecule has 0 unspecified atom stereocenters. The lowest BCUT2D eigenvalue weighted by Crippen LogP contribution is -2.39. The molecule has 4 heteroatoms. The highest BCUT2D eigenvalue weighted by Gasteiger charge is 2.17. The molecule has 19 heavy (non-hydrogen) atoms. The summed E-state index contributed by atoms with van der Waals surface area (Å²) >= 11 is 1.77. The van der Waals surface area contributed by atoms with Crippen molar-refractivity contribution in [2.75, 3.05) is 26.7 Å². The first-order chi connectivity index (χ1) is 9.24. The first kappa shape index (κ1) is 14.5. The van der Waals surface area contributed by atoms with Crippen LogP contribution in [0.15, 0.2) is 17.5 Å². The monoisotopic (exact) mass is 280 g/mol. The van der Waals surface area contributed by atoms with Crippen LogP contribution in [0.5, 0.6) is 0 Å². The molecule has 0 aliphatic carbocycles. The van der Waals surface area contributed by atoms with Crippen LogP contribution in [-0.2, 0) is 11.2 Å². The molecule has 1 amide bonds. The zero-order valence-electron chi connectivity index (χ0n) is 11.7. The van der Waals surface area contributed by atoms with Crippen molar-refractivity contribution in [3.8, 4) is 0 Å². The van der Waals surface area contributed by atoms with E-state index in [1.54, 1.807) is 11.3 Å². The number of aryl methyl sites for hydroxylation is 1. The van der Waals surface area contributed by atoms with Crippen LogP contribution in [0.3, 0.4) is 0 Å². The first-order valence-electron chi connectivity index (χ1n) is 7.21. The van der Waals surface area contributed by atoms with Crippen molar-refractivity contribution in [1.82, 2.24) is 10.2 Å². The summed E-state index contributed by atoms with van der Waals surface area (Å²) in [6.45, 7) is 3.17. The van der Waals surface area contributed by atoms with E-state index < -0.39 is 0 Å². The van der Waals surface area contributed by atoms with Gasteiger partial charge >= 0.3 is 0 Å². The van der Waals surface area contributed by atoms with Crippen LogP contribution in [0.2, 0.25) is 0 Å². The molecule has 3 nitrogen and oxygen atoms in total. The highest BCUT2D eigenvalue weighted by atomic mass is 32.1. The van der Waals surface area contributed by atoms with Crippen LogP contribution in [0.1, 0.15) is 30.6 Å². The van der Waals surface area contributed by atoms with E-state index in [4.69, 9.17) is 0 Å². The molecule has 0 saturated carbocycles. The quantitative estimate of drug-likeness (QED) is 0.868. The molecule has 1 aliphatic heterocycles. The Bertz CT molecular complexity index is 378. The van der Waals surface area contributed by atoms with Crippen LogP contribution in [0, 0.1) is 5.92 Å². The van der Waals surface area contributed by atoms with Gasteiger partial charge in [-0.2, -0.15) is 0 Å². The number of carbonyl (C=O) groups is 1. The number of piperidine rings is 1. The summed E-state index contributed by atoms with van der Waals surface area (Å²) in [4.78, 5) is 15.5. The average molecular weight is 280 g/mol. The molecule has 1 saturated heterocycles. The fourth-order valence-corrected chi connectivity index (χ4v) is 3.42. The Morgan fingerprint density at radius 3 is 3.21 bits per heavy atom. The Labute approximate surface area is 120 Å². The lowest BCUT2D eigenvalue weighted by Gasteiger charge is -2.29. The highest BCUT2D eigenvalue weighted by Crippen LogP contribution is 2.14. The van der Waals surface area contributed by atoms with Gasteiger partial charge in [-0.25, -0.2) is 0 Å². The van der Waals surface area contributed by atoms with Gasteiger partial charge in [-0.3, -0.25) is 4.79 Å². The number of carbonyl (C=O) groups excluding carboxylic acids is 1. The summed E-state index contributed by atoms with van der Waals surface area (Å²) < 4.78 is 0. The lowest BCUT2D eigenvalue weighted by molar-refractivity contribution is -0.121. The van der Waals surface area contributed by atoms with Crippen molar-refractivity contribution in [3.63, 3.8) is 0 Å². The second-order valence-electron chi connectivity index (χ2n) is 5.51. The van der Waals surface area contributed by atoms with Gasteiger partial charge in [-0.05, 0) is 56.6 Å². The zero-order chi connectivity index (χ0) is 13.5. The number of amides is 1. The average Bonchev–Trinajstić information content (AvgIpc) is 2.90. The lowest BCUT2D eigenvalue weighted by atomic mass is 9.98. The molecule has 2 rings (SSSR count). The van der Waals surface area contributed by atoms with E-state index in [9.17, 15) is 4.79 Å². The topological polar surface area (TPSA) is 32.3 Å². The maximum absolute atomic E-state index is 11.8. The predicted molar refractivity (Wildman–Crippen MR) is 80.5 cm³/mol. The van der Waals surface area contributed by atoms with Crippen molar-refractivity contribution < 1.29 is 4.79 Å². The standard InChI is InChI=1S/C15H24N2OS/c1-17-9-3-5-13(12-17)11-16-15(18)8-2-6-14-7-4-10-19-14/h4,7,10,13H,2-3,5-6,8-9,11-12H2,1H3,(H,16,18)/t13-/m1/s1. The van der Waals surface area contributed by atoms with Crippen LogP contribution < -0.4 is 5.32 Å². The summed E-state index contributed by atoms with van der Waals surface area (Å²) in [5.41, 5.74) is 0. The van der Waals surface area contributed by atoms with Crippen molar-refractivity contribution in [2.45, 2.75) is 32.1 Å². The summed E-state index contributed by atoms with van der Waals surface area (Å²) in [5.74, 6) is 0.852. The van der Waals surface area contributed by atoms with E-state index >= 15 is 0 Å². The smallest absolute Gasteiger partial charge is 0.220 e. The summed E-state index contributed by atoms with van der Waals surface area (Å²) in [5, 5.41) is 5.18. The van der Waals surface area contributed by atoms with Crippen molar-refractivity contribution in [3.05, 3.63) is 22.4 Å². The second kappa shape index (κ2) is 7.65. The van der Waals surface area contributed by atoms with E-state index in [1.165, 1.54) is 24.3 Å². The van der Waals surface area contributed by atoms with Gasteiger partial charge in [0.1, 0.15) is 0 Å².